The molecular weight excluding hydrogens is 491 g/mol. The van der Waals surface area contributed by atoms with E-state index in [0.717, 1.165) is 32.1 Å². The van der Waals surface area contributed by atoms with Crippen molar-refractivity contribution in [3.05, 3.63) is 60.6 Å². The molecule has 12 heteroatoms. The van der Waals surface area contributed by atoms with Crippen molar-refractivity contribution in [3.8, 4) is 22.8 Å². The molecule has 1 amide bonds. The van der Waals surface area contributed by atoms with Crippen molar-refractivity contribution in [2.75, 3.05) is 30.9 Å². The van der Waals surface area contributed by atoms with Crippen LogP contribution in [0.15, 0.2) is 49.1 Å². The van der Waals surface area contributed by atoms with Gasteiger partial charge in [-0.2, -0.15) is 5.10 Å². The number of carbonyl (C=O) groups excluding carboxylic acids is 1. The molecule has 1 fully saturated rings. The van der Waals surface area contributed by atoms with Crippen LogP contribution >= 0.6 is 0 Å². The number of nitrogen functional groups attached to an aromatic ring is 1. The van der Waals surface area contributed by atoms with Crippen LogP contribution in [0.3, 0.4) is 0 Å². The first-order valence-electron chi connectivity index (χ1n) is 12.2. The molecule has 0 spiro atoms. The van der Waals surface area contributed by atoms with Gasteiger partial charge in [0, 0.05) is 18.7 Å². The van der Waals surface area contributed by atoms with Gasteiger partial charge in [0.1, 0.15) is 29.4 Å². The summed E-state index contributed by atoms with van der Waals surface area (Å²) in [6.45, 7) is 3.76. The van der Waals surface area contributed by atoms with Gasteiger partial charge < -0.3 is 25.4 Å². The molecule has 38 heavy (non-hydrogen) atoms. The monoisotopic (exact) mass is 516 g/mol. The molecule has 0 radical (unpaired) electrons. The number of aromatic nitrogens is 5. The Hall–Kier alpha value is -4.74. The maximum atomic E-state index is 13.2. The van der Waals surface area contributed by atoms with Crippen LogP contribution in [-0.2, 0) is 0 Å². The van der Waals surface area contributed by atoms with Crippen LogP contribution in [-0.4, -0.2) is 55.4 Å². The van der Waals surface area contributed by atoms with Crippen molar-refractivity contribution >= 4 is 28.4 Å². The highest BCUT2D eigenvalue weighted by atomic mass is 19.1. The number of likely N-dealkylation sites (tertiary alicyclic amines) is 1. The second kappa shape index (κ2) is 9.61. The Morgan fingerprint density at radius 2 is 2.05 bits per heavy atom. The van der Waals surface area contributed by atoms with Gasteiger partial charge in [0.05, 0.1) is 23.3 Å². The van der Waals surface area contributed by atoms with E-state index in [1.165, 1.54) is 18.5 Å². The van der Waals surface area contributed by atoms with E-state index in [1.807, 2.05) is 17.7 Å². The lowest BCUT2D eigenvalue weighted by atomic mass is 10.1. The molecule has 194 valence electrons. The van der Waals surface area contributed by atoms with E-state index in [0.29, 0.717) is 45.3 Å². The molecular formula is C26H25FN8O3. The molecule has 0 aliphatic carbocycles. The summed E-state index contributed by atoms with van der Waals surface area (Å²) in [4.78, 5) is 27.6. The van der Waals surface area contributed by atoms with Crippen LogP contribution in [0.2, 0.25) is 0 Å². The molecule has 0 saturated carbocycles. The minimum atomic E-state index is -0.527. The van der Waals surface area contributed by atoms with Crippen molar-refractivity contribution < 1.29 is 18.7 Å². The fourth-order valence-electron chi connectivity index (χ4n) is 4.95. The Morgan fingerprint density at radius 3 is 2.87 bits per heavy atom. The van der Waals surface area contributed by atoms with Gasteiger partial charge in [-0.25, -0.2) is 24.0 Å². The molecule has 0 unspecified atom stereocenters. The van der Waals surface area contributed by atoms with Crippen molar-refractivity contribution in [2.24, 2.45) is 0 Å². The van der Waals surface area contributed by atoms with Crippen LogP contribution in [0.25, 0.3) is 22.3 Å². The first kappa shape index (κ1) is 23.6. The van der Waals surface area contributed by atoms with E-state index in [9.17, 15) is 9.18 Å². The van der Waals surface area contributed by atoms with Crippen LogP contribution in [0, 0.1) is 5.82 Å². The summed E-state index contributed by atoms with van der Waals surface area (Å²) in [5, 5.41) is 8.37. The van der Waals surface area contributed by atoms with Gasteiger partial charge in [-0.1, -0.05) is 6.08 Å². The number of nitrogens with zero attached hydrogens (tertiary/aromatic N) is 6. The van der Waals surface area contributed by atoms with Crippen molar-refractivity contribution in [1.82, 2.24) is 29.6 Å². The van der Waals surface area contributed by atoms with E-state index in [1.54, 1.807) is 12.1 Å². The highest BCUT2D eigenvalue weighted by Gasteiger charge is 2.30. The summed E-state index contributed by atoms with van der Waals surface area (Å²) in [6, 6.07) is 6.06. The molecule has 0 bridgehead atoms. The Bertz CT molecular complexity index is 1550. The first-order valence-corrected chi connectivity index (χ1v) is 12.2. The standard InChI is InChI=1S/C26H25FN8O3/c1-2-9-34-10-3-4-16(12-34)35-25-20(24(28)30-13-31-25)21(33-35)17-6-8-18(23-22(17)37-14-38-23)32-26(36)19-7-5-15(27)11-29-19/h2,5-9,11,13,16H,3-4,10,12,14H2,1H3,(H,32,36)(H2,28,30,31)/t16-/m1/s1. The smallest absolute Gasteiger partial charge is 0.274 e. The Kier molecular flexibility index (Phi) is 5.98. The van der Waals surface area contributed by atoms with E-state index in [2.05, 4.69) is 31.4 Å². The fraction of sp³-hybridized carbons (Fsp3) is 0.269. The van der Waals surface area contributed by atoms with E-state index >= 15 is 0 Å². The number of rotatable bonds is 5. The number of benzene rings is 1. The van der Waals surface area contributed by atoms with E-state index < -0.39 is 11.7 Å². The number of piperidine rings is 1. The number of pyridine rings is 1. The summed E-state index contributed by atoms with van der Waals surface area (Å²) in [7, 11) is 0. The lowest BCUT2D eigenvalue weighted by Gasteiger charge is -2.32. The van der Waals surface area contributed by atoms with Gasteiger partial charge >= 0.3 is 0 Å². The Labute approximate surface area is 217 Å². The molecule has 3 N–H and O–H groups in total. The zero-order chi connectivity index (χ0) is 26.2. The van der Waals surface area contributed by atoms with Crippen LogP contribution in [0.1, 0.15) is 36.3 Å². The van der Waals surface area contributed by atoms with Gasteiger partial charge in [-0.15, -0.1) is 0 Å². The summed E-state index contributed by atoms with van der Waals surface area (Å²) in [6.07, 6.45) is 8.53. The molecule has 1 saturated heterocycles. The topological polar surface area (TPSA) is 133 Å². The number of allylic oxidation sites excluding steroid dienone is 1. The third-order valence-electron chi connectivity index (χ3n) is 6.63. The quantitative estimate of drug-likeness (QED) is 0.407. The summed E-state index contributed by atoms with van der Waals surface area (Å²) in [5.74, 6) is 0.0497. The number of hydrogen-bond acceptors (Lipinski definition) is 9. The average molecular weight is 517 g/mol. The zero-order valence-corrected chi connectivity index (χ0v) is 20.6. The first-order chi connectivity index (χ1) is 18.5. The summed E-state index contributed by atoms with van der Waals surface area (Å²) < 4.78 is 26.7. The number of hydrogen-bond donors (Lipinski definition) is 2. The highest BCUT2D eigenvalue weighted by molar-refractivity contribution is 6.05. The molecule has 4 aromatic rings. The zero-order valence-electron chi connectivity index (χ0n) is 20.6. The van der Waals surface area contributed by atoms with E-state index in [4.69, 9.17) is 20.3 Å². The predicted molar refractivity (Wildman–Crippen MR) is 138 cm³/mol. The second-order valence-electron chi connectivity index (χ2n) is 9.07. The highest BCUT2D eigenvalue weighted by Crippen LogP contribution is 2.48. The SMILES string of the molecule is CC=CN1CCC[C@@H](n2nc(-c3ccc(NC(=O)c4ccc(F)cn4)c4c3OCO4)c3c(N)ncnc32)C1. The van der Waals surface area contributed by atoms with Crippen molar-refractivity contribution in [1.29, 1.82) is 0 Å². The molecule has 3 aromatic heterocycles. The molecule has 2 aliphatic rings. The van der Waals surface area contributed by atoms with Crippen molar-refractivity contribution in [2.45, 2.75) is 25.8 Å². The van der Waals surface area contributed by atoms with E-state index in [-0.39, 0.29) is 18.5 Å². The number of ether oxygens (including phenoxy) is 2. The summed E-state index contributed by atoms with van der Waals surface area (Å²) >= 11 is 0. The normalized spacial score (nSPS) is 16.9. The largest absolute Gasteiger partial charge is 0.453 e. The predicted octanol–water partition coefficient (Wildman–Crippen LogP) is 3.76. The third kappa shape index (κ3) is 4.13. The molecule has 5 heterocycles. The maximum Gasteiger partial charge on any atom is 0.274 e. The maximum absolute atomic E-state index is 13.2. The lowest BCUT2D eigenvalue weighted by molar-refractivity contribution is 0.102. The number of halogens is 1. The number of amides is 1. The molecule has 2 aliphatic heterocycles. The van der Waals surface area contributed by atoms with Gasteiger partial charge in [0.2, 0.25) is 6.79 Å². The van der Waals surface area contributed by atoms with Gasteiger partial charge in [-0.05, 0) is 50.2 Å². The number of nitrogens with two attached hydrogens (primary N) is 1. The van der Waals surface area contributed by atoms with Crippen LogP contribution in [0.5, 0.6) is 11.5 Å². The average Bonchev–Trinajstić information content (AvgIpc) is 3.56. The van der Waals surface area contributed by atoms with Crippen LogP contribution < -0.4 is 20.5 Å². The minimum absolute atomic E-state index is 0.0322. The number of anilines is 2. The fourth-order valence-corrected chi connectivity index (χ4v) is 4.95. The number of carbonyl (C=O) groups is 1. The number of nitrogens with one attached hydrogen (secondary N) is 1. The second-order valence-corrected chi connectivity index (χ2v) is 9.07. The number of fused-ring (bicyclic) bond motifs is 2. The molecule has 1 aromatic carbocycles. The van der Waals surface area contributed by atoms with Crippen molar-refractivity contribution in [3.63, 3.8) is 0 Å². The Balaban J connectivity index is 1.40. The third-order valence-corrected chi connectivity index (χ3v) is 6.63. The minimum Gasteiger partial charge on any atom is -0.453 e. The van der Waals surface area contributed by atoms with Gasteiger partial charge in [-0.3, -0.25) is 4.79 Å². The molecule has 11 nitrogen and oxygen atoms in total. The Morgan fingerprint density at radius 1 is 1.18 bits per heavy atom. The molecule has 1 atom stereocenters. The molecule has 6 rings (SSSR count). The lowest BCUT2D eigenvalue weighted by Crippen LogP contribution is -2.33. The van der Waals surface area contributed by atoms with Crippen LogP contribution in [0.4, 0.5) is 15.9 Å². The summed E-state index contributed by atoms with van der Waals surface area (Å²) in [5.41, 5.74) is 8.65. The van der Waals surface area contributed by atoms with Gasteiger partial charge in [0.15, 0.2) is 17.1 Å². The van der Waals surface area contributed by atoms with Gasteiger partial charge in [0.25, 0.3) is 5.91 Å².